The monoisotopic (exact) mass is 242 g/mol. The first-order valence-electron chi connectivity index (χ1n) is 5.33. The summed E-state index contributed by atoms with van der Waals surface area (Å²) in [5, 5.41) is 9.20. The molecule has 3 nitrogen and oxygen atoms in total. The van der Waals surface area contributed by atoms with E-state index in [0.717, 1.165) is 6.42 Å². The van der Waals surface area contributed by atoms with Crippen molar-refractivity contribution in [3.05, 3.63) is 29.8 Å². The Morgan fingerprint density at radius 1 is 1.29 bits per heavy atom. The summed E-state index contributed by atoms with van der Waals surface area (Å²) in [6, 6.07) is 5.85. The van der Waals surface area contributed by atoms with Crippen LogP contribution < -0.4 is 4.74 Å². The Kier molecular flexibility index (Phi) is 3.00. The number of carboxylic acid groups (broad SMARTS) is 1. The van der Waals surface area contributed by atoms with Gasteiger partial charge in [-0.3, -0.25) is 4.79 Å². The van der Waals surface area contributed by atoms with Gasteiger partial charge in [0, 0.05) is 0 Å². The molecule has 0 unspecified atom stereocenters. The SMILES string of the molecule is O=C(O)C1(c2ccc(OC(F)F)cc2)CCC1. The molecule has 0 saturated heterocycles. The summed E-state index contributed by atoms with van der Waals surface area (Å²) in [6.07, 6.45) is 2.07. The summed E-state index contributed by atoms with van der Waals surface area (Å²) in [4.78, 5) is 11.2. The van der Waals surface area contributed by atoms with E-state index in [-0.39, 0.29) is 5.75 Å². The van der Waals surface area contributed by atoms with Crippen LogP contribution in [0.25, 0.3) is 0 Å². The highest BCUT2D eigenvalue weighted by atomic mass is 19.3. The van der Waals surface area contributed by atoms with Gasteiger partial charge in [-0.15, -0.1) is 0 Å². The maximum Gasteiger partial charge on any atom is 0.387 e. The molecule has 1 aliphatic carbocycles. The van der Waals surface area contributed by atoms with Crippen LogP contribution in [-0.2, 0) is 10.2 Å². The van der Waals surface area contributed by atoms with Crippen molar-refractivity contribution >= 4 is 5.97 Å². The maximum absolute atomic E-state index is 11.9. The molecule has 17 heavy (non-hydrogen) atoms. The largest absolute Gasteiger partial charge is 0.481 e. The molecule has 0 amide bonds. The lowest BCUT2D eigenvalue weighted by Gasteiger charge is -2.38. The van der Waals surface area contributed by atoms with Crippen molar-refractivity contribution in [2.24, 2.45) is 0 Å². The van der Waals surface area contributed by atoms with Gasteiger partial charge in [-0.1, -0.05) is 18.6 Å². The van der Waals surface area contributed by atoms with Crippen LogP contribution in [0.5, 0.6) is 5.75 Å². The number of carbonyl (C=O) groups is 1. The van der Waals surface area contributed by atoms with Gasteiger partial charge in [0.2, 0.25) is 0 Å². The Morgan fingerprint density at radius 3 is 2.24 bits per heavy atom. The van der Waals surface area contributed by atoms with Crippen LogP contribution >= 0.6 is 0 Å². The minimum absolute atomic E-state index is 0.0450. The third kappa shape index (κ3) is 2.09. The van der Waals surface area contributed by atoms with E-state index in [0.29, 0.717) is 18.4 Å². The van der Waals surface area contributed by atoms with Crippen molar-refractivity contribution in [2.75, 3.05) is 0 Å². The number of aliphatic carboxylic acids is 1. The molecule has 0 aromatic heterocycles. The van der Waals surface area contributed by atoms with Gasteiger partial charge in [-0.2, -0.15) is 8.78 Å². The van der Waals surface area contributed by atoms with Gasteiger partial charge in [-0.25, -0.2) is 0 Å². The molecular weight excluding hydrogens is 230 g/mol. The topological polar surface area (TPSA) is 46.5 Å². The number of hydrogen-bond donors (Lipinski definition) is 1. The van der Waals surface area contributed by atoms with E-state index in [2.05, 4.69) is 4.74 Å². The summed E-state index contributed by atoms with van der Waals surface area (Å²) in [6.45, 7) is -2.86. The Balaban J connectivity index is 2.20. The fourth-order valence-corrected chi connectivity index (χ4v) is 2.11. The molecule has 0 bridgehead atoms. The van der Waals surface area contributed by atoms with Gasteiger partial charge in [0.25, 0.3) is 0 Å². The third-order valence-corrected chi connectivity index (χ3v) is 3.25. The van der Waals surface area contributed by atoms with Crippen LogP contribution in [0.4, 0.5) is 8.78 Å². The molecule has 1 saturated carbocycles. The first kappa shape index (κ1) is 11.8. The third-order valence-electron chi connectivity index (χ3n) is 3.25. The Hall–Kier alpha value is -1.65. The second-order valence-corrected chi connectivity index (χ2v) is 4.14. The number of alkyl halides is 2. The lowest BCUT2D eigenvalue weighted by molar-refractivity contribution is -0.147. The molecule has 5 heteroatoms. The molecule has 1 aromatic carbocycles. The van der Waals surface area contributed by atoms with Crippen LogP contribution in [0.1, 0.15) is 24.8 Å². The number of halogens is 2. The van der Waals surface area contributed by atoms with E-state index in [1.54, 1.807) is 12.1 Å². The van der Waals surface area contributed by atoms with Crippen molar-refractivity contribution in [3.8, 4) is 5.75 Å². The van der Waals surface area contributed by atoms with Gasteiger partial charge in [-0.05, 0) is 30.5 Å². The summed E-state index contributed by atoms with van der Waals surface area (Å²) < 4.78 is 28.1. The number of benzene rings is 1. The molecule has 0 spiro atoms. The van der Waals surface area contributed by atoms with Crippen molar-refractivity contribution in [1.29, 1.82) is 0 Å². The summed E-state index contributed by atoms with van der Waals surface area (Å²) in [5.74, 6) is -0.810. The van der Waals surface area contributed by atoms with E-state index < -0.39 is 18.0 Å². The minimum atomic E-state index is -2.86. The van der Waals surface area contributed by atoms with Crippen molar-refractivity contribution in [1.82, 2.24) is 0 Å². The smallest absolute Gasteiger partial charge is 0.387 e. The fourth-order valence-electron chi connectivity index (χ4n) is 2.11. The summed E-state index contributed by atoms with van der Waals surface area (Å²) in [7, 11) is 0. The second-order valence-electron chi connectivity index (χ2n) is 4.14. The van der Waals surface area contributed by atoms with Gasteiger partial charge in [0.1, 0.15) is 5.75 Å². The lowest BCUT2D eigenvalue weighted by atomic mass is 9.64. The second kappa shape index (κ2) is 4.31. The molecule has 2 rings (SSSR count). The summed E-state index contributed by atoms with van der Waals surface area (Å²) >= 11 is 0. The molecule has 0 atom stereocenters. The first-order valence-corrected chi connectivity index (χ1v) is 5.33. The average Bonchev–Trinajstić information content (AvgIpc) is 2.17. The predicted molar refractivity (Wildman–Crippen MR) is 56.2 cm³/mol. The van der Waals surface area contributed by atoms with Crippen molar-refractivity contribution < 1.29 is 23.4 Å². The molecule has 92 valence electrons. The lowest BCUT2D eigenvalue weighted by Crippen LogP contribution is -2.42. The number of ether oxygens (including phenoxy) is 1. The number of rotatable bonds is 4. The Morgan fingerprint density at radius 2 is 1.88 bits per heavy atom. The quantitative estimate of drug-likeness (QED) is 0.883. The molecule has 0 heterocycles. The molecule has 0 aliphatic heterocycles. The Labute approximate surface area is 97.0 Å². The van der Waals surface area contributed by atoms with Crippen LogP contribution in [0.2, 0.25) is 0 Å². The predicted octanol–water partition coefficient (Wildman–Crippen LogP) is 2.79. The van der Waals surface area contributed by atoms with Crippen LogP contribution in [0.15, 0.2) is 24.3 Å². The molecular formula is C12H12F2O3. The highest BCUT2D eigenvalue weighted by molar-refractivity contribution is 5.82. The molecule has 1 aromatic rings. The number of carboxylic acids is 1. The highest BCUT2D eigenvalue weighted by Crippen LogP contribution is 2.44. The van der Waals surface area contributed by atoms with Crippen LogP contribution in [0.3, 0.4) is 0 Å². The van der Waals surface area contributed by atoms with Gasteiger partial charge in [0.15, 0.2) is 0 Å². The minimum Gasteiger partial charge on any atom is -0.481 e. The zero-order valence-electron chi connectivity index (χ0n) is 9.03. The van der Waals surface area contributed by atoms with Gasteiger partial charge >= 0.3 is 12.6 Å². The molecule has 1 fully saturated rings. The average molecular weight is 242 g/mol. The van der Waals surface area contributed by atoms with Gasteiger partial charge < -0.3 is 9.84 Å². The van der Waals surface area contributed by atoms with Gasteiger partial charge in [0.05, 0.1) is 5.41 Å². The van der Waals surface area contributed by atoms with Crippen molar-refractivity contribution in [3.63, 3.8) is 0 Å². The standard InChI is InChI=1S/C12H12F2O3/c13-11(14)17-9-4-2-8(3-5-9)12(10(15)16)6-1-7-12/h2-5,11H,1,6-7H2,(H,15,16). The maximum atomic E-state index is 11.9. The van der Waals surface area contributed by atoms with Crippen LogP contribution in [0, 0.1) is 0 Å². The Bertz CT molecular complexity index is 410. The van der Waals surface area contributed by atoms with Crippen molar-refractivity contribution in [2.45, 2.75) is 31.3 Å². The normalized spacial score (nSPS) is 17.6. The zero-order valence-corrected chi connectivity index (χ0v) is 9.03. The summed E-state index contributed by atoms with van der Waals surface area (Å²) in [5.41, 5.74) is -0.179. The molecule has 1 N–H and O–H groups in total. The van der Waals surface area contributed by atoms with E-state index >= 15 is 0 Å². The highest BCUT2D eigenvalue weighted by Gasteiger charge is 2.45. The van der Waals surface area contributed by atoms with E-state index in [9.17, 15) is 18.7 Å². The first-order chi connectivity index (χ1) is 8.04. The molecule has 1 aliphatic rings. The zero-order chi connectivity index (χ0) is 12.5. The van der Waals surface area contributed by atoms with E-state index in [1.165, 1.54) is 12.1 Å². The van der Waals surface area contributed by atoms with E-state index in [1.807, 2.05) is 0 Å². The van der Waals surface area contributed by atoms with Crippen LogP contribution in [-0.4, -0.2) is 17.7 Å². The fraction of sp³-hybridized carbons (Fsp3) is 0.417. The number of hydrogen-bond acceptors (Lipinski definition) is 2. The van der Waals surface area contributed by atoms with E-state index in [4.69, 9.17) is 0 Å². The molecule has 0 radical (unpaired) electrons.